The first-order valence-corrected chi connectivity index (χ1v) is 11.0. The third-order valence-corrected chi connectivity index (χ3v) is 5.83. The average molecular weight is 458 g/mol. The number of nitrogens with one attached hydrogen (secondary N) is 1. The summed E-state index contributed by atoms with van der Waals surface area (Å²) in [5.74, 6) is 1.45. The topological polar surface area (TPSA) is 66.4 Å². The number of carbonyl (C=O) groups excluding carboxylic acids is 1. The Hall–Kier alpha value is -2.84. The standard InChI is InChI=1S/C22H24ClN5O2S/c1-2-30-19-8-6-16(7-9-19)21-24-25-22(31)28(21)15-20(29)27-12-10-26(11-13-27)18-5-3-4-17(23)14-18/h3-9,14H,2,10-13,15H2,1H3,(H,25,31). The lowest BCUT2D eigenvalue weighted by Gasteiger charge is -2.36. The lowest BCUT2D eigenvalue weighted by molar-refractivity contribution is -0.132. The van der Waals surface area contributed by atoms with Crippen molar-refractivity contribution in [3.8, 4) is 17.1 Å². The highest BCUT2D eigenvalue weighted by Crippen LogP contribution is 2.23. The highest BCUT2D eigenvalue weighted by Gasteiger charge is 2.23. The van der Waals surface area contributed by atoms with Crippen molar-refractivity contribution in [2.75, 3.05) is 37.7 Å². The first kappa shape index (κ1) is 21.4. The summed E-state index contributed by atoms with van der Waals surface area (Å²) >= 11 is 11.5. The van der Waals surface area contributed by atoms with Crippen LogP contribution in [-0.4, -0.2) is 58.4 Å². The van der Waals surface area contributed by atoms with Crippen LogP contribution in [0.4, 0.5) is 5.69 Å². The van der Waals surface area contributed by atoms with Crippen molar-refractivity contribution in [1.29, 1.82) is 0 Å². The van der Waals surface area contributed by atoms with Gasteiger partial charge in [-0.1, -0.05) is 17.7 Å². The molecule has 1 N–H and O–H groups in total. The average Bonchev–Trinajstić information content (AvgIpc) is 3.15. The molecule has 1 saturated heterocycles. The number of rotatable bonds is 6. The van der Waals surface area contributed by atoms with Crippen molar-refractivity contribution in [1.82, 2.24) is 19.7 Å². The van der Waals surface area contributed by atoms with Crippen molar-refractivity contribution < 1.29 is 9.53 Å². The highest BCUT2D eigenvalue weighted by atomic mass is 35.5. The quantitative estimate of drug-likeness (QED) is 0.566. The number of piperazine rings is 1. The molecule has 0 unspecified atom stereocenters. The van der Waals surface area contributed by atoms with E-state index in [2.05, 4.69) is 15.1 Å². The Bertz CT molecular complexity index is 1100. The Morgan fingerprint density at radius 2 is 1.90 bits per heavy atom. The molecule has 3 aromatic rings. The van der Waals surface area contributed by atoms with E-state index in [1.54, 1.807) is 4.57 Å². The number of carbonyl (C=O) groups is 1. The van der Waals surface area contributed by atoms with Gasteiger partial charge in [0.25, 0.3) is 0 Å². The summed E-state index contributed by atoms with van der Waals surface area (Å²) in [6.07, 6.45) is 0. The van der Waals surface area contributed by atoms with E-state index in [0.717, 1.165) is 30.1 Å². The highest BCUT2D eigenvalue weighted by molar-refractivity contribution is 7.71. The molecule has 7 nitrogen and oxygen atoms in total. The van der Waals surface area contributed by atoms with Gasteiger partial charge < -0.3 is 14.5 Å². The van der Waals surface area contributed by atoms with Gasteiger partial charge in [-0.2, -0.15) is 5.10 Å². The van der Waals surface area contributed by atoms with Crippen LogP contribution in [0.15, 0.2) is 48.5 Å². The number of amides is 1. The van der Waals surface area contributed by atoms with E-state index in [0.29, 0.717) is 35.3 Å². The molecule has 1 amide bonds. The predicted molar refractivity (Wildman–Crippen MR) is 124 cm³/mol. The molecule has 2 aromatic carbocycles. The Morgan fingerprint density at radius 1 is 1.16 bits per heavy atom. The first-order valence-electron chi connectivity index (χ1n) is 10.2. The Kier molecular flexibility index (Phi) is 6.58. The van der Waals surface area contributed by atoms with E-state index in [1.165, 1.54) is 0 Å². The smallest absolute Gasteiger partial charge is 0.242 e. The van der Waals surface area contributed by atoms with Crippen LogP contribution < -0.4 is 9.64 Å². The molecule has 0 radical (unpaired) electrons. The summed E-state index contributed by atoms with van der Waals surface area (Å²) < 4.78 is 7.67. The molecule has 31 heavy (non-hydrogen) atoms. The summed E-state index contributed by atoms with van der Waals surface area (Å²) in [6.45, 7) is 5.51. The number of anilines is 1. The van der Waals surface area contributed by atoms with Crippen LogP contribution in [0, 0.1) is 4.77 Å². The number of aromatic nitrogens is 3. The number of benzene rings is 2. The maximum absolute atomic E-state index is 13.0. The molecule has 0 atom stereocenters. The molecular formula is C22H24ClN5O2S. The maximum Gasteiger partial charge on any atom is 0.242 e. The second-order valence-electron chi connectivity index (χ2n) is 7.24. The van der Waals surface area contributed by atoms with Crippen LogP contribution in [0.5, 0.6) is 5.75 Å². The van der Waals surface area contributed by atoms with Gasteiger partial charge >= 0.3 is 0 Å². The number of hydrogen-bond acceptors (Lipinski definition) is 5. The molecule has 1 aromatic heterocycles. The molecule has 1 aliphatic rings. The van der Waals surface area contributed by atoms with E-state index < -0.39 is 0 Å². The first-order chi connectivity index (χ1) is 15.0. The van der Waals surface area contributed by atoms with E-state index in [4.69, 9.17) is 28.6 Å². The fourth-order valence-electron chi connectivity index (χ4n) is 3.67. The zero-order chi connectivity index (χ0) is 21.8. The summed E-state index contributed by atoms with van der Waals surface area (Å²) in [5.41, 5.74) is 1.95. The number of ether oxygens (including phenoxy) is 1. The Labute approximate surface area is 191 Å². The molecule has 0 saturated carbocycles. The Morgan fingerprint density at radius 3 is 2.58 bits per heavy atom. The maximum atomic E-state index is 13.0. The van der Waals surface area contributed by atoms with Crippen LogP contribution in [0.3, 0.4) is 0 Å². The second-order valence-corrected chi connectivity index (χ2v) is 8.07. The molecule has 162 valence electrons. The molecule has 4 rings (SSSR count). The van der Waals surface area contributed by atoms with Gasteiger partial charge in [0.15, 0.2) is 10.6 Å². The van der Waals surface area contributed by atoms with Crippen LogP contribution >= 0.6 is 23.8 Å². The zero-order valence-electron chi connectivity index (χ0n) is 17.3. The molecule has 2 heterocycles. The van der Waals surface area contributed by atoms with Crippen molar-refractivity contribution in [3.05, 3.63) is 58.3 Å². The SMILES string of the molecule is CCOc1ccc(-c2n[nH]c(=S)n2CC(=O)N2CCN(c3cccc(Cl)c3)CC2)cc1. The summed E-state index contributed by atoms with van der Waals surface area (Å²) in [6, 6.07) is 15.4. The van der Waals surface area contributed by atoms with Gasteiger partial charge in [0.1, 0.15) is 12.3 Å². The van der Waals surface area contributed by atoms with Gasteiger partial charge in [-0.3, -0.25) is 14.5 Å². The minimum Gasteiger partial charge on any atom is -0.494 e. The molecule has 0 spiro atoms. The molecule has 1 fully saturated rings. The van der Waals surface area contributed by atoms with Gasteiger partial charge in [-0.15, -0.1) is 0 Å². The van der Waals surface area contributed by atoms with Gasteiger partial charge in [-0.05, 0) is 61.6 Å². The number of hydrogen-bond donors (Lipinski definition) is 1. The largest absolute Gasteiger partial charge is 0.494 e. The summed E-state index contributed by atoms with van der Waals surface area (Å²) in [7, 11) is 0. The van der Waals surface area contributed by atoms with E-state index >= 15 is 0 Å². The molecular weight excluding hydrogens is 434 g/mol. The fraction of sp³-hybridized carbons (Fsp3) is 0.318. The molecule has 0 aliphatic carbocycles. The van der Waals surface area contributed by atoms with Crippen LogP contribution in [-0.2, 0) is 11.3 Å². The van der Waals surface area contributed by atoms with Crippen LogP contribution in [0.1, 0.15) is 6.92 Å². The fourth-order valence-corrected chi connectivity index (χ4v) is 4.05. The van der Waals surface area contributed by atoms with Crippen LogP contribution in [0.2, 0.25) is 5.02 Å². The van der Waals surface area contributed by atoms with Gasteiger partial charge in [0.05, 0.1) is 6.61 Å². The van der Waals surface area contributed by atoms with Crippen LogP contribution in [0.25, 0.3) is 11.4 Å². The Balaban J connectivity index is 1.42. The van der Waals surface area contributed by atoms with Crippen molar-refractivity contribution >= 4 is 35.4 Å². The minimum absolute atomic E-state index is 0.0235. The van der Waals surface area contributed by atoms with Crippen molar-refractivity contribution in [2.45, 2.75) is 13.5 Å². The molecule has 0 bridgehead atoms. The second kappa shape index (κ2) is 9.53. The number of H-pyrrole nitrogens is 1. The molecule has 9 heteroatoms. The van der Waals surface area contributed by atoms with Gasteiger partial charge in [0.2, 0.25) is 5.91 Å². The lowest BCUT2D eigenvalue weighted by Crippen LogP contribution is -2.49. The van der Waals surface area contributed by atoms with Crippen molar-refractivity contribution in [3.63, 3.8) is 0 Å². The predicted octanol–water partition coefficient (Wildman–Crippen LogP) is 4.01. The third kappa shape index (κ3) is 4.91. The number of nitrogens with zero attached hydrogens (tertiary/aromatic N) is 4. The normalized spacial score (nSPS) is 14.0. The van der Waals surface area contributed by atoms with E-state index in [-0.39, 0.29) is 12.5 Å². The lowest BCUT2D eigenvalue weighted by atomic mass is 10.2. The van der Waals surface area contributed by atoms with Gasteiger partial charge in [-0.25, -0.2) is 0 Å². The van der Waals surface area contributed by atoms with E-state index in [9.17, 15) is 4.79 Å². The van der Waals surface area contributed by atoms with Crippen molar-refractivity contribution in [2.24, 2.45) is 0 Å². The van der Waals surface area contributed by atoms with Gasteiger partial charge in [0, 0.05) is 42.5 Å². The third-order valence-electron chi connectivity index (χ3n) is 5.28. The number of halogens is 1. The number of aromatic amines is 1. The van der Waals surface area contributed by atoms with E-state index in [1.807, 2.05) is 60.4 Å². The molecule has 1 aliphatic heterocycles. The summed E-state index contributed by atoms with van der Waals surface area (Å²) in [5, 5.41) is 7.86. The zero-order valence-corrected chi connectivity index (χ0v) is 18.8. The monoisotopic (exact) mass is 457 g/mol. The minimum atomic E-state index is 0.0235. The summed E-state index contributed by atoms with van der Waals surface area (Å²) in [4.78, 5) is 17.1.